The highest BCUT2D eigenvalue weighted by Gasteiger charge is 2.51. The van der Waals surface area contributed by atoms with Crippen LogP contribution in [-0.4, -0.2) is 79.1 Å². The van der Waals surface area contributed by atoms with Crippen molar-refractivity contribution in [1.29, 1.82) is 0 Å². The molecule has 2 atom stereocenters. The van der Waals surface area contributed by atoms with Crippen LogP contribution in [0, 0.1) is 0 Å². The van der Waals surface area contributed by atoms with Crippen molar-refractivity contribution >= 4 is 0 Å². The summed E-state index contributed by atoms with van der Waals surface area (Å²) in [7, 11) is 2.23. The first-order valence-corrected chi connectivity index (χ1v) is 7.14. The molecule has 4 heteroatoms. The number of piperazine rings is 1. The van der Waals surface area contributed by atoms with E-state index in [0.717, 1.165) is 12.6 Å². The van der Waals surface area contributed by atoms with Crippen molar-refractivity contribution in [2.45, 2.75) is 30.8 Å². The molecule has 0 bridgehead atoms. The van der Waals surface area contributed by atoms with E-state index in [4.69, 9.17) is 5.73 Å². The van der Waals surface area contributed by atoms with Gasteiger partial charge in [-0.3, -0.25) is 9.80 Å². The molecule has 98 valence electrons. The number of likely N-dealkylation sites (N-methyl/N-ethyl adjacent to an activating group) is 1. The van der Waals surface area contributed by atoms with E-state index in [0.29, 0.717) is 5.54 Å². The zero-order chi connectivity index (χ0) is 11.9. The molecule has 3 aliphatic heterocycles. The maximum atomic E-state index is 6.21. The minimum absolute atomic E-state index is 0.303. The predicted molar refractivity (Wildman–Crippen MR) is 70.1 cm³/mol. The molecule has 0 aromatic carbocycles. The highest BCUT2D eigenvalue weighted by atomic mass is 15.4. The molecule has 3 aliphatic rings. The van der Waals surface area contributed by atoms with E-state index in [1.807, 2.05) is 0 Å². The summed E-state index contributed by atoms with van der Waals surface area (Å²) >= 11 is 0. The third kappa shape index (κ3) is 1.82. The van der Waals surface area contributed by atoms with Crippen LogP contribution in [0.4, 0.5) is 0 Å². The summed E-state index contributed by atoms with van der Waals surface area (Å²) in [4.78, 5) is 7.83. The van der Waals surface area contributed by atoms with Crippen molar-refractivity contribution < 1.29 is 0 Å². The molecule has 3 heterocycles. The largest absolute Gasteiger partial charge is 0.329 e. The number of hydrogen-bond acceptors (Lipinski definition) is 4. The minimum atomic E-state index is 0.303. The quantitative estimate of drug-likeness (QED) is 0.723. The van der Waals surface area contributed by atoms with E-state index in [9.17, 15) is 0 Å². The molecule has 2 N–H and O–H groups in total. The lowest BCUT2D eigenvalue weighted by Crippen LogP contribution is -2.64. The molecular weight excluding hydrogens is 212 g/mol. The first-order chi connectivity index (χ1) is 8.26. The van der Waals surface area contributed by atoms with Gasteiger partial charge in [-0.25, -0.2) is 0 Å². The summed E-state index contributed by atoms with van der Waals surface area (Å²) in [5.41, 5.74) is 6.51. The Bertz CT molecular complexity index is 275. The Balaban J connectivity index is 1.77. The number of hydrogen-bond donors (Lipinski definition) is 1. The maximum absolute atomic E-state index is 6.21. The normalized spacial score (nSPS) is 40.9. The molecule has 0 amide bonds. The van der Waals surface area contributed by atoms with Crippen LogP contribution in [0.2, 0.25) is 0 Å². The first-order valence-electron chi connectivity index (χ1n) is 7.14. The van der Waals surface area contributed by atoms with Crippen LogP contribution in [0.1, 0.15) is 19.3 Å². The van der Waals surface area contributed by atoms with Gasteiger partial charge in [0.1, 0.15) is 0 Å². The summed E-state index contributed by atoms with van der Waals surface area (Å²) in [6.45, 7) is 8.24. The molecule has 0 radical (unpaired) electrons. The van der Waals surface area contributed by atoms with Crippen molar-refractivity contribution in [3.05, 3.63) is 0 Å². The molecule has 0 saturated carbocycles. The molecule has 3 saturated heterocycles. The van der Waals surface area contributed by atoms with E-state index >= 15 is 0 Å². The summed E-state index contributed by atoms with van der Waals surface area (Å²) in [6, 6.07) is 0.746. The van der Waals surface area contributed by atoms with Gasteiger partial charge >= 0.3 is 0 Å². The molecule has 0 spiro atoms. The predicted octanol–water partition coefficient (Wildman–Crippen LogP) is -0.201. The van der Waals surface area contributed by atoms with Gasteiger partial charge in [-0.05, 0) is 32.9 Å². The maximum Gasteiger partial charge on any atom is 0.0499 e. The fourth-order valence-corrected chi connectivity index (χ4v) is 4.19. The lowest BCUT2D eigenvalue weighted by atomic mass is 9.86. The van der Waals surface area contributed by atoms with E-state index in [1.165, 1.54) is 58.5 Å². The standard InChI is InChI=1S/C13H26N4/c1-15-7-9-17(10-8-15)13(11-14)4-6-16-5-2-3-12(13)16/h12H,2-11,14H2,1H3. The van der Waals surface area contributed by atoms with E-state index < -0.39 is 0 Å². The number of fused-ring (bicyclic) bond motifs is 1. The average molecular weight is 238 g/mol. The molecule has 2 unspecified atom stereocenters. The molecule has 0 aromatic heterocycles. The Kier molecular flexibility index (Phi) is 3.15. The lowest BCUT2D eigenvalue weighted by Gasteiger charge is -2.47. The topological polar surface area (TPSA) is 35.7 Å². The summed E-state index contributed by atoms with van der Waals surface area (Å²) < 4.78 is 0. The van der Waals surface area contributed by atoms with Crippen molar-refractivity contribution in [3.63, 3.8) is 0 Å². The van der Waals surface area contributed by atoms with Gasteiger partial charge in [-0.1, -0.05) is 0 Å². The van der Waals surface area contributed by atoms with Gasteiger partial charge in [0, 0.05) is 50.8 Å². The summed E-state index contributed by atoms with van der Waals surface area (Å²) in [5, 5.41) is 0. The van der Waals surface area contributed by atoms with Crippen molar-refractivity contribution in [3.8, 4) is 0 Å². The highest BCUT2D eigenvalue weighted by molar-refractivity contribution is 5.10. The van der Waals surface area contributed by atoms with Gasteiger partial charge in [-0.15, -0.1) is 0 Å². The van der Waals surface area contributed by atoms with E-state index in [-0.39, 0.29) is 0 Å². The van der Waals surface area contributed by atoms with Crippen molar-refractivity contribution in [2.24, 2.45) is 5.73 Å². The lowest BCUT2D eigenvalue weighted by molar-refractivity contribution is 0.0260. The van der Waals surface area contributed by atoms with Gasteiger partial charge in [0.25, 0.3) is 0 Å². The Morgan fingerprint density at radius 1 is 1.12 bits per heavy atom. The Labute approximate surface area is 105 Å². The number of rotatable bonds is 2. The van der Waals surface area contributed by atoms with Crippen molar-refractivity contribution in [2.75, 3.05) is 52.9 Å². The summed E-state index contributed by atoms with van der Waals surface area (Å²) in [6.07, 6.45) is 4.03. The monoisotopic (exact) mass is 238 g/mol. The third-order valence-corrected chi connectivity index (χ3v) is 5.30. The molecule has 17 heavy (non-hydrogen) atoms. The fourth-order valence-electron chi connectivity index (χ4n) is 4.19. The van der Waals surface area contributed by atoms with Crippen LogP contribution < -0.4 is 5.73 Å². The van der Waals surface area contributed by atoms with E-state index in [2.05, 4.69) is 21.7 Å². The van der Waals surface area contributed by atoms with Crippen molar-refractivity contribution in [1.82, 2.24) is 14.7 Å². The zero-order valence-corrected chi connectivity index (χ0v) is 11.1. The van der Waals surface area contributed by atoms with Gasteiger partial charge in [0.15, 0.2) is 0 Å². The number of nitrogens with two attached hydrogens (primary N) is 1. The Morgan fingerprint density at radius 3 is 2.59 bits per heavy atom. The first kappa shape index (κ1) is 11.9. The zero-order valence-electron chi connectivity index (χ0n) is 11.1. The van der Waals surface area contributed by atoms with Crippen LogP contribution in [0.3, 0.4) is 0 Å². The second kappa shape index (κ2) is 4.50. The summed E-state index contributed by atoms with van der Waals surface area (Å²) in [5.74, 6) is 0. The molecule has 0 aliphatic carbocycles. The highest BCUT2D eigenvalue weighted by Crippen LogP contribution is 2.39. The van der Waals surface area contributed by atoms with Crippen LogP contribution >= 0.6 is 0 Å². The second-order valence-electron chi connectivity index (χ2n) is 6.04. The van der Waals surface area contributed by atoms with Gasteiger partial charge in [-0.2, -0.15) is 0 Å². The third-order valence-electron chi connectivity index (χ3n) is 5.30. The molecular formula is C13H26N4. The van der Waals surface area contributed by atoms with Crippen LogP contribution in [-0.2, 0) is 0 Å². The number of nitrogens with zero attached hydrogens (tertiary/aromatic N) is 3. The van der Waals surface area contributed by atoms with Gasteiger partial charge < -0.3 is 10.6 Å². The molecule has 4 nitrogen and oxygen atoms in total. The molecule has 3 rings (SSSR count). The SMILES string of the molecule is CN1CCN(C2(CN)CCN3CCCC32)CC1. The molecule has 3 fully saturated rings. The average Bonchev–Trinajstić information content (AvgIpc) is 2.92. The van der Waals surface area contributed by atoms with Gasteiger partial charge in [0.05, 0.1) is 0 Å². The smallest absolute Gasteiger partial charge is 0.0499 e. The van der Waals surface area contributed by atoms with Gasteiger partial charge in [0.2, 0.25) is 0 Å². The van der Waals surface area contributed by atoms with Crippen LogP contribution in [0.5, 0.6) is 0 Å². The Hall–Kier alpha value is -0.160. The second-order valence-corrected chi connectivity index (χ2v) is 6.04. The molecule has 0 aromatic rings. The Morgan fingerprint density at radius 2 is 1.88 bits per heavy atom. The van der Waals surface area contributed by atoms with E-state index in [1.54, 1.807) is 0 Å². The van der Waals surface area contributed by atoms with Crippen LogP contribution in [0.25, 0.3) is 0 Å². The fraction of sp³-hybridized carbons (Fsp3) is 1.00. The van der Waals surface area contributed by atoms with Crippen LogP contribution in [0.15, 0.2) is 0 Å². The minimum Gasteiger partial charge on any atom is -0.329 e.